The Morgan fingerprint density at radius 1 is 0.944 bits per heavy atom. The van der Waals surface area contributed by atoms with Gasteiger partial charge in [-0.25, -0.2) is 0 Å². The lowest BCUT2D eigenvalue weighted by Crippen LogP contribution is -2.63. The number of carbonyl (C=O) groups is 3. The van der Waals surface area contributed by atoms with Crippen molar-refractivity contribution in [3.63, 3.8) is 0 Å². The van der Waals surface area contributed by atoms with Crippen LogP contribution in [0.2, 0.25) is 0 Å². The molecule has 0 aliphatic heterocycles. The summed E-state index contributed by atoms with van der Waals surface area (Å²) in [5.41, 5.74) is 0.442. The number of aldehydes is 1. The summed E-state index contributed by atoms with van der Waals surface area (Å²) >= 11 is 0. The van der Waals surface area contributed by atoms with E-state index in [1.807, 2.05) is 0 Å². The third kappa shape index (κ3) is 4.77. The minimum atomic E-state index is -0.185. The zero-order chi connectivity index (χ0) is 26.3. The predicted octanol–water partition coefficient (Wildman–Crippen LogP) is 6.76. The average Bonchev–Trinajstić information content (AvgIpc) is 3.17. The van der Waals surface area contributed by atoms with Gasteiger partial charge in [-0.3, -0.25) is 9.59 Å². The highest BCUT2D eigenvalue weighted by Gasteiger charge is 2.66. The lowest BCUT2D eigenvalue weighted by atomic mass is 9.41. The summed E-state index contributed by atoms with van der Waals surface area (Å²) in [6.45, 7) is 12.7. The molecular weight excluding hydrogens is 452 g/mol. The summed E-state index contributed by atoms with van der Waals surface area (Å²) < 4.78 is 12.1. The third-order valence-electron chi connectivity index (χ3n) is 11.6. The maximum absolute atomic E-state index is 12.5. The molecule has 0 saturated heterocycles. The van der Waals surface area contributed by atoms with Crippen LogP contribution in [0.3, 0.4) is 0 Å². The smallest absolute Gasteiger partial charge is 0.302 e. The van der Waals surface area contributed by atoms with Crippen LogP contribution in [0.15, 0.2) is 0 Å². The first-order valence-corrected chi connectivity index (χ1v) is 14.8. The van der Waals surface area contributed by atoms with Crippen molar-refractivity contribution in [3.05, 3.63) is 0 Å². The first kappa shape index (κ1) is 27.6. The molecule has 204 valence electrons. The van der Waals surface area contributed by atoms with E-state index in [0.717, 1.165) is 44.8 Å². The van der Waals surface area contributed by atoms with Crippen molar-refractivity contribution in [2.24, 2.45) is 52.3 Å². The van der Waals surface area contributed by atoms with Gasteiger partial charge in [0.1, 0.15) is 18.5 Å². The average molecular weight is 503 g/mol. The maximum Gasteiger partial charge on any atom is 0.302 e. The molecule has 0 aromatic rings. The molecule has 0 N–H and O–H groups in total. The second kappa shape index (κ2) is 10.8. The molecule has 0 spiro atoms. The second-order valence-corrected chi connectivity index (χ2v) is 13.4. The van der Waals surface area contributed by atoms with E-state index in [1.165, 1.54) is 32.6 Å². The van der Waals surface area contributed by atoms with E-state index in [4.69, 9.17) is 9.47 Å². The van der Waals surface area contributed by atoms with E-state index in [1.54, 1.807) is 6.92 Å². The molecule has 4 saturated carbocycles. The van der Waals surface area contributed by atoms with E-state index < -0.39 is 0 Å². The molecule has 0 amide bonds. The highest BCUT2D eigenvalue weighted by Crippen LogP contribution is 2.70. The van der Waals surface area contributed by atoms with Crippen molar-refractivity contribution in [3.8, 4) is 0 Å². The van der Waals surface area contributed by atoms with Gasteiger partial charge in [0, 0.05) is 26.2 Å². The Hall–Kier alpha value is -1.39. The molecule has 4 rings (SSSR count). The lowest BCUT2D eigenvalue weighted by molar-refractivity contribution is -0.219. The zero-order valence-electron chi connectivity index (χ0n) is 23.6. The van der Waals surface area contributed by atoms with E-state index in [-0.39, 0.29) is 35.0 Å². The molecule has 0 heterocycles. The van der Waals surface area contributed by atoms with Crippen molar-refractivity contribution in [2.45, 2.75) is 124 Å². The number of esters is 2. The molecule has 5 unspecified atom stereocenters. The molecule has 0 aromatic heterocycles. The highest BCUT2D eigenvalue weighted by atomic mass is 16.5. The van der Waals surface area contributed by atoms with E-state index in [0.29, 0.717) is 47.8 Å². The van der Waals surface area contributed by atoms with Crippen LogP contribution in [-0.2, 0) is 23.9 Å². The Labute approximate surface area is 218 Å². The van der Waals surface area contributed by atoms with Crippen molar-refractivity contribution < 1.29 is 23.9 Å². The van der Waals surface area contributed by atoms with E-state index in [9.17, 15) is 14.4 Å². The number of ether oxygens (including phenoxy) is 2. The SMILES string of the molecule is CCC[C@@H]1C2C[C@H](OC(C)=O)CCC2(C)[C@H]2CCC3(C)C([C@H](C)CCC=O)CC[C@H]3C2[C@@H]1OC(C)=O. The van der Waals surface area contributed by atoms with Gasteiger partial charge < -0.3 is 14.3 Å². The van der Waals surface area contributed by atoms with Gasteiger partial charge in [0.15, 0.2) is 0 Å². The van der Waals surface area contributed by atoms with Gasteiger partial charge in [-0.15, -0.1) is 0 Å². The fraction of sp³-hybridized carbons (Fsp3) is 0.903. The molecule has 36 heavy (non-hydrogen) atoms. The van der Waals surface area contributed by atoms with Crippen LogP contribution in [0.4, 0.5) is 0 Å². The normalized spacial score (nSPS) is 44.5. The van der Waals surface area contributed by atoms with Crippen LogP contribution < -0.4 is 0 Å². The molecule has 0 radical (unpaired) electrons. The Balaban J connectivity index is 1.70. The Morgan fingerprint density at radius 2 is 1.61 bits per heavy atom. The molecule has 4 aliphatic rings. The van der Waals surface area contributed by atoms with Gasteiger partial charge in [-0.2, -0.15) is 0 Å². The molecule has 4 aliphatic carbocycles. The van der Waals surface area contributed by atoms with E-state index >= 15 is 0 Å². The van der Waals surface area contributed by atoms with Gasteiger partial charge >= 0.3 is 11.9 Å². The van der Waals surface area contributed by atoms with Gasteiger partial charge in [0.25, 0.3) is 0 Å². The Bertz CT molecular complexity index is 824. The monoisotopic (exact) mass is 502 g/mol. The van der Waals surface area contributed by atoms with Crippen LogP contribution in [0.5, 0.6) is 0 Å². The first-order valence-electron chi connectivity index (χ1n) is 14.8. The summed E-state index contributed by atoms with van der Waals surface area (Å²) in [6, 6.07) is 0. The summed E-state index contributed by atoms with van der Waals surface area (Å²) in [7, 11) is 0. The lowest BCUT2D eigenvalue weighted by Gasteiger charge is -2.65. The summed E-state index contributed by atoms with van der Waals surface area (Å²) in [6.07, 6.45) is 12.6. The standard InChI is InChI=1S/C31H50O5/c1-7-9-23-27-18-22(35-20(3)33)13-15-31(27,6)26-14-16-30(5)24(19(2)10-8-17-32)11-12-25(30)28(26)29(23)36-21(4)34/h17,19,22-29H,7-16,18H2,1-6H3/t19-,22-,23-,24?,25+,26+,27?,28?,29-,30?,31?/m1/s1. The number of hydrogen-bond donors (Lipinski definition) is 0. The Morgan fingerprint density at radius 3 is 2.25 bits per heavy atom. The van der Waals surface area contributed by atoms with E-state index in [2.05, 4.69) is 27.7 Å². The predicted molar refractivity (Wildman–Crippen MR) is 140 cm³/mol. The molecular formula is C31H50O5. The molecule has 5 heteroatoms. The van der Waals surface area contributed by atoms with Crippen molar-refractivity contribution in [1.29, 1.82) is 0 Å². The zero-order valence-corrected chi connectivity index (χ0v) is 23.6. The minimum absolute atomic E-state index is 0.0159. The quantitative estimate of drug-likeness (QED) is 0.271. The molecule has 0 bridgehead atoms. The van der Waals surface area contributed by atoms with Gasteiger partial charge in [0.2, 0.25) is 0 Å². The second-order valence-electron chi connectivity index (χ2n) is 13.4. The van der Waals surface area contributed by atoms with Crippen molar-refractivity contribution in [2.75, 3.05) is 0 Å². The van der Waals surface area contributed by atoms with Crippen LogP contribution in [0.25, 0.3) is 0 Å². The Kier molecular flexibility index (Phi) is 8.27. The summed E-state index contributed by atoms with van der Waals surface area (Å²) in [4.78, 5) is 35.4. The van der Waals surface area contributed by atoms with Crippen molar-refractivity contribution in [1.82, 2.24) is 0 Å². The van der Waals surface area contributed by atoms with Gasteiger partial charge in [-0.05, 0) is 104 Å². The largest absolute Gasteiger partial charge is 0.463 e. The number of fused-ring (bicyclic) bond motifs is 5. The molecule has 0 aromatic carbocycles. The fourth-order valence-corrected chi connectivity index (χ4v) is 10.3. The van der Waals surface area contributed by atoms with Crippen molar-refractivity contribution >= 4 is 18.2 Å². The van der Waals surface area contributed by atoms with Gasteiger partial charge in [-0.1, -0.05) is 34.1 Å². The fourth-order valence-electron chi connectivity index (χ4n) is 10.3. The molecule has 4 fully saturated rings. The first-order chi connectivity index (χ1) is 17.1. The van der Waals surface area contributed by atoms with Crippen LogP contribution >= 0.6 is 0 Å². The van der Waals surface area contributed by atoms with Gasteiger partial charge in [0.05, 0.1) is 0 Å². The summed E-state index contributed by atoms with van der Waals surface area (Å²) in [5.74, 6) is 3.08. The summed E-state index contributed by atoms with van der Waals surface area (Å²) in [5, 5.41) is 0. The van der Waals surface area contributed by atoms with Crippen LogP contribution in [0.1, 0.15) is 112 Å². The maximum atomic E-state index is 12.5. The number of carbonyl (C=O) groups excluding carboxylic acids is 3. The minimum Gasteiger partial charge on any atom is -0.463 e. The molecule has 11 atom stereocenters. The van der Waals surface area contributed by atoms with Crippen LogP contribution in [0, 0.1) is 52.3 Å². The number of rotatable bonds is 8. The third-order valence-corrected chi connectivity index (χ3v) is 11.6. The number of hydrogen-bond acceptors (Lipinski definition) is 5. The highest BCUT2D eigenvalue weighted by molar-refractivity contribution is 5.66. The van der Waals surface area contributed by atoms with Crippen LogP contribution in [-0.4, -0.2) is 30.4 Å². The topological polar surface area (TPSA) is 69.7 Å². The molecule has 5 nitrogen and oxygen atoms in total.